The Bertz CT molecular complexity index is 464. The summed E-state index contributed by atoms with van der Waals surface area (Å²) in [4.78, 5) is 14.4. The number of hydrogen-bond donors (Lipinski definition) is 2. The summed E-state index contributed by atoms with van der Waals surface area (Å²) >= 11 is 11.8. The zero-order valence-corrected chi connectivity index (χ0v) is 12.8. The molecule has 0 unspecified atom stereocenters. The van der Waals surface area contributed by atoms with E-state index in [0.717, 1.165) is 13.0 Å². The molecule has 3 N–H and O–H groups in total. The molecule has 0 aromatic heterocycles. The lowest BCUT2D eigenvalue weighted by Gasteiger charge is -2.14. The minimum Gasteiger partial charge on any atom is -0.396 e. The van der Waals surface area contributed by atoms with Crippen molar-refractivity contribution in [3.05, 3.63) is 27.7 Å². The predicted molar refractivity (Wildman–Crippen MR) is 83.5 cm³/mol. The van der Waals surface area contributed by atoms with Crippen LogP contribution in [-0.4, -0.2) is 37.0 Å². The molecule has 0 aliphatic carbocycles. The molecule has 1 aliphatic rings. The highest BCUT2D eigenvalue weighted by molar-refractivity contribution is 6.39. The highest BCUT2D eigenvalue weighted by Gasteiger charge is 2.12. The Balaban J connectivity index is 1.79. The van der Waals surface area contributed by atoms with E-state index in [-0.39, 0.29) is 5.91 Å². The van der Waals surface area contributed by atoms with Gasteiger partial charge in [-0.1, -0.05) is 23.2 Å². The average Bonchev–Trinajstić information content (AvgIpc) is 2.93. The van der Waals surface area contributed by atoms with E-state index in [0.29, 0.717) is 27.8 Å². The van der Waals surface area contributed by atoms with Crippen LogP contribution in [0, 0.1) is 0 Å². The summed E-state index contributed by atoms with van der Waals surface area (Å²) in [6, 6.07) is 3.08. The second-order valence-electron chi connectivity index (χ2n) is 5.01. The third kappa shape index (κ3) is 4.01. The number of benzene rings is 1. The van der Waals surface area contributed by atoms with Gasteiger partial charge in [-0.05, 0) is 51.0 Å². The van der Waals surface area contributed by atoms with Gasteiger partial charge in [0.25, 0.3) is 5.91 Å². The maximum Gasteiger partial charge on any atom is 0.251 e. The van der Waals surface area contributed by atoms with Crippen LogP contribution in [-0.2, 0) is 0 Å². The zero-order chi connectivity index (χ0) is 14.5. The van der Waals surface area contributed by atoms with Gasteiger partial charge in [-0.15, -0.1) is 0 Å². The Morgan fingerprint density at radius 1 is 1.25 bits per heavy atom. The molecule has 0 spiro atoms. The van der Waals surface area contributed by atoms with Crippen molar-refractivity contribution in [3.63, 3.8) is 0 Å². The van der Waals surface area contributed by atoms with E-state index in [1.807, 2.05) is 0 Å². The number of rotatable bonds is 5. The van der Waals surface area contributed by atoms with E-state index in [9.17, 15) is 4.79 Å². The van der Waals surface area contributed by atoms with Crippen LogP contribution >= 0.6 is 23.2 Å². The lowest BCUT2D eigenvalue weighted by molar-refractivity contribution is 0.0952. The van der Waals surface area contributed by atoms with Crippen molar-refractivity contribution < 1.29 is 4.79 Å². The smallest absolute Gasteiger partial charge is 0.251 e. The summed E-state index contributed by atoms with van der Waals surface area (Å²) in [7, 11) is 0. The summed E-state index contributed by atoms with van der Waals surface area (Å²) in [6.45, 7) is 4.03. The fraction of sp³-hybridized carbons (Fsp3) is 0.500. The van der Waals surface area contributed by atoms with Crippen molar-refractivity contribution in [2.45, 2.75) is 19.3 Å². The Kier molecular flexibility index (Phi) is 5.52. The summed E-state index contributed by atoms with van der Waals surface area (Å²) in [6.07, 6.45) is 3.52. The Hall–Kier alpha value is -0.970. The number of nitrogens with zero attached hydrogens (tertiary/aromatic N) is 1. The molecule has 4 nitrogen and oxygen atoms in total. The van der Waals surface area contributed by atoms with Gasteiger partial charge in [-0.25, -0.2) is 0 Å². The molecule has 1 amide bonds. The SMILES string of the molecule is Nc1c(Cl)cc(C(=O)NCCCN2CCCC2)cc1Cl. The molecule has 0 bridgehead atoms. The molecule has 0 atom stereocenters. The Labute approximate surface area is 129 Å². The number of halogens is 2. The van der Waals surface area contributed by atoms with Crippen LogP contribution in [0.5, 0.6) is 0 Å². The summed E-state index contributed by atoms with van der Waals surface area (Å²) in [5, 5.41) is 3.48. The highest BCUT2D eigenvalue weighted by atomic mass is 35.5. The third-order valence-corrected chi connectivity index (χ3v) is 4.10. The van der Waals surface area contributed by atoms with E-state index in [1.165, 1.54) is 25.9 Å². The third-order valence-electron chi connectivity index (χ3n) is 3.48. The molecule has 0 saturated carbocycles. The van der Waals surface area contributed by atoms with Crippen LogP contribution in [0.4, 0.5) is 5.69 Å². The molecule has 6 heteroatoms. The summed E-state index contributed by atoms with van der Waals surface area (Å²) in [5.74, 6) is -0.171. The fourth-order valence-corrected chi connectivity index (χ4v) is 2.82. The van der Waals surface area contributed by atoms with E-state index in [2.05, 4.69) is 10.2 Å². The van der Waals surface area contributed by atoms with Gasteiger partial charge in [0.05, 0.1) is 15.7 Å². The van der Waals surface area contributed by atoms with Gasteiger partial charge in [0.15, 0.2) is 0 Å². The second-order valence-corrected chi connectivity index (χ2v) is 5.83. The zero-order valence-electron chi connectivity index (χ0n) is 11.3. The molecule has 1 saturated heterocycles. The highest BCUT2D eigenvalue weighted by Crippen LogP contribution is 2.28. The lowest BCUT2D eigenvalue weighted by atomic mass is 10.2. The Morgan fingerprint density at radius 3 is 2.45 bits per heavy atom. The van der Waals surface area contributed by atoms with Crippen LogP contribution in [0.25, 0.3) is 0 Å². The van der Waals surface area contributed by atoms with E-state index in [1.54, 1.807) is 12.1 Å². The first-order valence-corrected chi connectivity index (χ1v) is 7.58. The predicted octanol–water partition coefficient (Wildman–Crippen LogP) is 2.79. The topological polar surface area (TPSA) is 58.4 Å². The molecular weight excluding hydrogens is 297 g/mol. The number of hydrogen-bond acceptors (Lipinski definition) is 3. The van der Waals surface area contributed by atoms with E-state index in [4.69, 9.17) is 28.9 Å². The van der Waals surface area contributed by atoms with Gasteiger partial charge in [-0.3, -0.25) is 4.79 Å². The lowest BCUT2D eigenvalue weighted by Crippen LogP contribution is -2.28. The molecule has 2 rings (SSSR count). The first-order valence-electron chi connectivity index (χ1n) is 6.83. The van der Waals surface area contributed by atoms with Crippen LogP contribution in [0.3, 0.4) is 0 Å². The number of amides is 1. The standard InChI is InChI=1S/C14H19Cl2N3O/c15-11-8-10(9-12(16)13(11)17)14(20)18-4-3-7-19-5-1-2-6-19/h8-9H,1-7,17H2,(H,18,20). The number of nitrogens with one attached hydrogen (secondary N) is 1. The molecular formula is C14H19Cl2N3O. The second kappa shape index (κ2) is 7.16. The maximum atomic E-state index is 12.0. The molecule has 1 aromatic rings. The first kappa shape index (κ1) is 15.4. The van der Waals surface area contributed by atoms with Crippen LogP contribution in [0.2, 0.25) is 10.0 Å². The van der Waals surface area contributed by atoms with Crippen molar-refractivity contribution in [1.82, 2.24) is 10.2 Å². The monoisotopic (exact) mass is 315 g/mol. The fourth-order valence-electron chi connectivity index (χ4n) is 2.33. The molecule has 20 heavy (non-hydrogen) atoms. The quantitative estimate of drug-likeness (QED) is 0.649. The van der Waals surface area contributed by atoms with Gasteiger partial charge in [0.2, 0.25) is 0 Å². The number of nitrogen functional groups attached to an aromatic ring is 1. The minimum absolute atomic E-state index is 0.171. The maximum absolute atomic E-state index is 12.0. The van der Waals surface area contributed by atoms with Crippen LogP contribution in [0.15, 0.2) is 12.1 Å². The van der Waals surface area contributed by atoms with Crippen LogP contribution in [0.1, 0.15) is 29.6 Å². The largest absolute Gasteiger partial charge is 0.396 e. The minimum atomic E-state index is -0.171. The first-order chi connectivity index (χ1) is 9.58. The summed E-state index contributed by atoms with van der Waals surface area (Å²) in [5.41, 5.74) is 6.39. The van der Waals surface area contributed by atoms with Gasteiger partial charge >= 0.3 is 0 Å². The number of carbonyl (C=O) groups excluding carboxylic acids is 1. The summed E-state index contributed by atoms with van der Waals surface area (Å²) < 4.78 is 0. The van der Waals surface area contributed by atoms with Gasteiger partial charge < -0.3 is 16.0 Å². The van der Waals surface area contributed by atoms with Crippen molar-refractivity contribution in [2.75, 3.05) is 31.9 Å². The molecule has 1 fully saturated rings. The molecule has 110 valence electrons. The molecule has 1 aromatic carbocycles. The number of likely N-dealkylation sites (tertiary alicyclic amines) is 1. The molecule has 1 heterocycles. The molecule has 0 radical (unpaired) electrons. The van der Waals surface area contributed by atoms with Crippen molar-refractivity contribution in [1.29, 1.82) is 0 Å². The van der Waals surface area contributed by atoms with Crippen molar-refractivity contribution in [2.24, 2.45) is 0 Å². The van der Waals surface area contributed by atoms with Gasteiger partial charge in [-0.2, -0.15) is 0 Å². The van der Waals surface area contributed by atoms with Crippen LogP contribution < -0.4 is 11.1 Å². The normalized spacial score (nSPS) is 15.5. The number of anilines is 1. The van der Waals surface area contributed by atoms with Gasteiger partial charge in [0, 0.05) is 12.1 Å². The van der Waals surface area contributed by atoms with E-state index >= 15 is 0 Å². The average molecular weight is 316 g/mol. The number of nitrogens with two attached hydrogens (primary N) is 1. The van der Waals surface area contributed by atoms with E-state index < -0.39 is 0 Å². The van der Waals surface area contributed by atoms with Crippen molar-refractivity contribution >= 4 is 34.8 Å². The number of carbonyl (C=O) groups is 1. The van der Waals surface area contributed by atoms with Crippen molar-refractivity contribution in [3.8, 4) is 0 Å². The van der Waals surface area contributed by atoms with Gasteiger partial charge in [0.1, 0.15) is 0 Å². The Morgan fingerprint density at radius 2 is 1.85 bits per heavy atom. The molecule has 1 aliphatic heterocycles.